The average Bonchev–Trinajstić information content (AvgIpc) is 3.21. The third kappa shape index (κ3) is 4.11. The highest BCUT2D eigenvalue weighted by atomic mass is 35.5. The number of benzene rings is 1. The van der Waals surface area contributed by atoms with Crippen molar-refractivity contribution in [1.29, 1.82) is 0 Å². The van der Waals surface area contributed by atoms with Crippen LogP contribution in [0.4, 0.5) is 0 Å². The fraction of sp³-hybridized carbons (Fsp3) is 0.385. The minimum atomic E-state index is -0.298. The zero-order valence-electron chi connectivity index (χ0n) is 10.2. The smallest absolute Gasteiger partial charge is 0.252 e. The molecular formula is C13H14Cl2N2O2. The monoisotopic (exact) mass is 300 g/mol. The topological polar surface area (TPSA) is 58.2 Å². The molecule has 1 aliphatic rings. The SMILES string of the molecule is O=C(NCCNC(=O)C1CC1)c1cc(Cl)ccc1Cl. The maximum absolute atomic E-state index is 11.8. The van der Waals surface area contributed by atoms with E-state index in [1.807, 2.05) is 0 Å². The Hall–Kier alpha value is -1.26. The molecule has 0 bridgehead atoms. The molecule has 102 valence electrons. The van der Waals surface area contributed by atoms with Crippen LogP contribution in [-0.4, -0.2) is 24.9 Å². The van der Waals surface area contributed by atoms with Gasteiger partial charge in [-0.1, -0.05) is 23.2 Å². The maximum Gasteiger partial charge on any atom is 0.252 e. The van der Waals surface area contributed by atoms with Crippen LogP contribution in [0.3, 0.4) is 0 Å². The van der Waals surface area contributed by atoms with E-state index >= 15 is 0 Å². The molecule has 6 heteroatoms. The van der Waals surface area contributed by atoms with Crippen LogP contribution in [0, 0.1) is 5.92 Å². The normalized spacial score (nSPS) is 14.0. The number of amides is 2. The predicted octanol–water partition coefficient (Wildman–Crippen LogP) is 2.25. The number of halogens is 2. The molecule has 19 heavy (non-hydrogen) atoms. The molecule has 0 radical (unpaired) electrons. The van der Waals surface area contributed by atoms with Gasteiger partial charge in [-0.15, -0.1) is 0 Å². The Morgan fingerprint density at radius 2 is 1.84 bits per heavy atom. The Morgan fingerprint density at radius 3 is 2.53 bits per heavy atom. The van der Waals surface area contributed by atoms with Gasteiger partial charge in [0.25, 0.3) is 5.91 Å². The standard InChI is InChI=1S/C13H14Cl2N2O2/c14-9-3-4-11(15)10(7-9)13(19)17-6-5-16-12(18)8-1-2-8/h3-4,7-8H,1-2,5-6H2,(H,16,18)(H,17,19). The molecule has 0 aromatic heterocycles. The summed E-state index contributed by atoms with van der Waals surface area (Å²) in [5.74, 6) is -0.0544. The lowest BCUT2D eigenvalue weighted by atomic mass is 10.2. The van der Waals surface area contributed by atoms with E-state index in [0.29, 0.717) is 28.7 Å². The zero-order valence-corrected chi connectivity index (χ0v) is 11.7. The van der Waals surface area contributed by atoms with Gasteiger partial charge in [0.05, 0.1) is 10.6 Å². The molecule has 1 aliphatic carbocycles. The highest BCUT2D eigenvalue weighted by molar-refractivity contribution is 6.35. The minimum absolute atomic E-state index is 0.0648. The quantitative estimate of drug-likeness (QED) is 0.820. The first kappa shape index (κ1) is 14.2. The number of rotatable bonds is 5. The van der Waals surface area contributed by atoms with Gasteiger partial charge in [-0.2, -0.15) is 0 Å². The second kappa shape index (κ2) is 6.26. The molecule has 0 spiro atoms. The minimum Gasteiger partial charge on any atom is -0.354 e. The van der Waals surface area contributed by atoms with Gasteiger partial charge in [-0.25, -0.2) is 0 Å². The van der Waals surface area contributed by atoms with Gasteiger partial charge in [0.15, 0.2) is 0 Å². The van der Waals surface area contributed by atoms with Gasteiger partial charge >= 0.3 is 0 Å². The third-order valence-corrected chi connectivity index (χ3v) is 3.40. The highest BCUT2D eigenvalue weighted by Crippen LogP contribution is 2.28. The molecule has 0 atom stereocenters. The van der Waals surface area contributed by atoms with E-state index in [2.05, 4.69) is 10.6 Å². The number of hydrogen-bond donors (Lipinski definition) is 2. The second-order valence-electron chi connectivity index (χ2n) is 4.45. The van der Waals surface area contributed by atoms with E-state index in [9.17, 15) is 9.59 Å². The second-order valence-corrected chi connectivity index (χ2v) is 5.29. The zero-order chi connectivity index (χ0) is 13.8. The van der Waals surface area contributed by atoms with Crippen LogP contribution in [0.2, 0.25) is 10.0 Å². The number of carbonyl (C=O) groups is 2. The maximum atomic E-state index is 11.8. The Bertz CT molecular complexity index is 501. The van der Waals surface area contributed by atoms with Crippen LogP contribution in [0.1, 0.15) is 23.2 Å². The largest absolute Gasteiger partial charge is 0.354 e. The van der Waals surface area contributed by atoms with Crippen LogP contribution < -0.4 is 10.6 Å². The molecule has 0 heterocycles. The summed E-state index contributed by atoms with van der Waals surface area (Å²) < 4.78 is 0. The fourth-order valence-electron chi connectivity index (χ4n) is 1.62. The summed E-state index contributed by atoms with van der Waals surface area (Å²) in [6.07, 6.45) is 1.94. The summed E-state index contributed by atoms with van der Waals surface area (Å²) in [4.78, 5) is 23.2. The molecule has 1 aromatic rings. The van der Waals surface area contributed by atoms with Gasteiger partial charge in [0.2, 0.25) is 5.91 Å². The summed E-state index contributed by atoms with van der Waals surface area (Å²) in [5.41, 5.74) is 0.336. The molecule has 1 fully saturated rings. The Kier molecular flexibility index (Phi) is 4.66. The summed E-state index contributed by atoms with van der Waals surface area (Å²) in [7, 11) is 0. The van der Waals surface area contributed by atoms with Crippen LogP contribution in [-0.2, 0) is 4.79 Å². The summed E-state index contributed by atoms with van der Waals surface area (Å²) >= 11 is 11.7. The van der Waals surface area contributed by atoms with Gasteiger partial charge in [-0.3, -0.25) is 9.59 Å². The first-order valence-corrected chi connectivity index (χ1v) is 6.84. The van der Waals surface area contributed by atoms with Gasteiger partial charge in [-0.05, 0) is 31.0 Å². The number of nitrogens with one attached hydrogen (secondary N) is 2. The summed E-state index contributed by atoms with van der Waals surface area (Å²) in [5, 5.41) is 6.26. The van der Waals surface area contributed by atoms with Crippen molar-refractivity contribution in [1.82, 2.24) is 10.6 Å². The molecule has 4 nitrogen and oxygen atoms in total. The van der Waals surface area contributed by atoms with E-state index in [-0.39, 0.29) is 17.7 Å². The number of hydrogen-bond acceptors (Lipinski definition) is 2. The molecule has 0 unspecified atom stereocenters. The van der Waals surface area contributed by atoms with Crippen molar-refractivity contribution < 1.29 is 9.59 Å². The average molecular weight is 301 g/mol. The Labute approximate surface area is 121 Å². The van der Waals surface area contributed by atoms with Gasteiger partial charge < -0.3 is 10.6 Å². The first-order chi connectivity index (χ1) is 9.08. The lowest BCUT2D eigenvalue weighted by Gasteiger charge is -2.08. The predicted molar refractivity (Wildman–Crippen MR) is 74.5 cm³/mol. The van der Waals surface area contributed by atoms with E-state index in [1.54, 1.807) is 12.1 Å². The lowest BCUT2D eigenvalue weighted by molar-refractivity contribution is -0.122. The van der Waals surface area contributed by atoms with Crippen LogP contribution >= 0.6 is 23.2 Å². The van der Waals surface area contributed by atoms with Crippen molar-refractivity contribution in [3.8, 4) is 0 Å². The molecule has 2 amide bonds. The molecule has 1 aromatic carbocycles. The van der Waals surface area contributed by atoms with E-state index in [4.69, 9.17) is 23.2 Å². The lowest BCUT2D eigenvalue weighted by Crippen LogP contribution is -2.35. The molecule has 1 saturated carbocycles. The van der Waals surface area contributed by atoms with Crippen molar-refractivity contribution in [3.63, 3.8) is 0 Å². The Balaban J connectivity index is 1.77. The Morgan fingerprint density at radius 1 is 1.16 bits per heavy atom. The van der Waals surface area contributed by atoms with Crippen molar-refractivity contribution in [2.45, 2.75) is 12.8 Å². The van der Waals surface area contributed by atoms with E-state index in [0.717, 1.165) is 12.8 Å². The molecule has 0 saturated heterocycles. The fourth-order valence-corrected chi connectivity index (χ4v) is 1.99. The van der Waals surface area contributed by atoms with Crippen molar-refractivity contribution >= 4 is 35.0 Å². The van der Waals surface area contributed by atoms with E-state index in [1.165, 1.54) is 6.07 Å². The highest BCUT2D eigenvalue weighted by Gasteiger charge is 2.28. The van der Waals surface area contributed by atoms with E-state index < -0.39 is 0 Å². The van der Waals surface area contributed by atoms with Crippen LogP contribution in [0.15, 0.2) is 18.2 Å². The molecule has 2 rings (SSSR count). The van der Waals surface area contributed by atoms with Crippen molar-refractivity contribution in [2.24, 2.45) is 5.92 Å². The number of carbonyl (C=O) groups excluding carboxylic acids is 2. The molecule has 2 N–H and O–H groups in total. The van der Waals surface area contributed by atoms with Gasteiger partial charge in [0, 0.05) is 24.0 Å². The molecular weight excluding hydrogens is 287 g/mol. The van der Waals surface area contributed by atoms with Crippen molar-refractivity contribution in [3.05, 3.63) is 33.8 Å². The van der Waals surface area contributed by atoms with Crippen LogP contribution in [0.5, 0.6) is 0 Å². The summed E-state index contributed by atoms with van der Waals surface area (Å²) in [6.45, 7) is 0.777. The summed E-state index contributed by atoms with van der Waals surface area (Å²) in [6, 6.07) is 4.71. The van der Waals surface area contributed by atoms with Crippen LogP contribution in [0.25, 0.3) is 0 Å². The third-order valence-electron chi connectivity index (χ3n) is 2.83. The van der Waals surface area contributed by atoms with Gasteiger partial charge in [0.1, 0.15) is 0 Å². The molecule has 0 aliphatic heterocycles. The van der Waals surface area contributed by atoms with Crippen molar-refractivity contribution in [2.75, 3.05) is 13.1 Å². The first-order valence-electron chi connectivity index (χ1n) is 6.09.